The van der Waals surface area contributed by atoms with Crippen molar-refractivity contribution >= 4 is 11.8 Å². The Hall–Kier alpha value is -2.18. The van der Waals surface area contributed by atoms with Crippen LogP contribution in [0.2, 0.25) is 0 Å². The van der Waals surface area contributed by atoms with Gasteiger partial charge in [0.25, 0.3) is 5.56 Å². The number of hydrogen-bond acceptors (Lipinski definition) is 4. The van der Waals surface area contributed by atoms with E-state index in [0.717, 1.165) is 38.0 Å². The molecule has 0 radical (unpaired) electrons. The van der Waals surface area contributed by atoms with Crippen LogP contribution in [0.5, 0.6) is 0 Å². The molecule has 2 fully saturated rings. The first-order valence-electron chi connectivity index (χ1n) is 9.16. The Kier molecular flexibility index (Phi) is 5.50. The van der Waals surface area contributed by atoms with E-state index < -0.39 is 0 Å². The molecule has 136 valence electrons. The molecule has 0 aromatic carbocycles. The number of likely N-dealkylation sites (tertiary alicyclic amines) is 2. The Morgan fingerprint density at radius 2 is 2.16 bits per heavy atom. The highest BCUT2D eigenvalue weighted by Crippen LogP contribution is 2.25. The number of amides is 2. The first-order valence-corrected chi connectivity index (χ1v) is 9.16. The normalized spacial score (nSPS) is 21.0. The molecule has 0 bridgehead atoms. The molecule has 1 N–H and O–H groups in total. The van der Waals surface area contributed by atoms with Crippen LogP contribution in [0.4, 0.5) is 0 Å². The number of aromatic amines is 1. The molecule has 1 atom stereocenters. The third kappa shape index (κ3) is 4.46. The average Bonchev–Trinajstić information content (AvgIpc) is 2.99. The van der Waals surface area contributed by atoms with Crippen LogP contribution in [-0.2, 0) is 9.59 Å². The zero-order chi connectivity index (χ0) is 17.8. The van der Waals surface area contributed by atoms with Crippen LogP contribution in [0.25, 0.3) is 0 Å². The number of aryl methyl sites for hydroxylation is 1. The summed E-state index contributed by atoms with van der Waals surface area (Å²) in [7, 11) is 0. The van der Waals surface area contributed by atoms with Gasteiger partial charge in [0, 0.05) is 51.0 Å². The summed E-state index contributed by atoms with van der Waals surface area (Å²) >= 11 is 0. The average molecular weight is 346 g/mol. The number of carbonyl (C=O) groups excluding carboxylic acids is 2. The van der Waals surface area contributed by atoms with E-state index in [1.807, 2.05) is 9.80 Å². The SMILES string of the molecule is Cc1nc(C2CCCN(C(=O)CCCN3CCCC3=O)C2)cc(=O)[nH]1. The van der Waals surface area contributed by atoms with Crippen LogP contribution in [0, 0.1) is 6.92 Å². The largest absolute Gasteiger partial charge is 0.343 e. The molecule has 1 aromatic heterocycles. The van der Waals surface area contributed by atoms with Gasteiger partial charge in [0.05, 0.1) is 5.69 Å². The highest BCUT2D eigenvalue weighted by atomic mass is 16.2. The molecule has 1 aromatic rings. The standard InChI is InChI=1S/C18H26N4O3/c1-13-19-15(11-16(23)20-13)14-5-2-10-22(12-14)18(25)7-4-9-21-8-3-6-17(21)24/h11,14H,2-10,12H2,1H3,(H,19,20,23). The third-order valence-electron chi connectivity index (χ3n) is 5.06. The van der Waals surface area contributed by atoms with Gasteiger partial charge in [-0.05, 0) is 32.6 Å². The van der Waals surface area contributed by atoms with Crippen molar-refractivity contribution < 1.29 is 9.59 Å². The number of H-pyrrole nitrogens is 1. The monoisotopic (exact) mass is 346 g/mol. The van der Waals surface area contributed by atoms with Crippen LogP contribution in [0.15, 0.2) is 10.9 Å². The van der Waals surface area contributed by atoms with E-state index in [-0.39, 0.29) is 23.3 Å². The maximum Gasteiger partial charge on any atom is 0.251 e. The van der Waals surface area contributed by atoms with Gasteiger partial charge in [0.2, 0.25) is 11.8 Å². The highest BCUT2D eigenvalue weighted by Gasteiger charge is 2.26. The molecule has 25 heavy (non-hydrogen) atoms. The quantitative estimate of drug-likeness (QED) is 0.867. The number of carbonyl (C=O) groups is 2. The van der Waals surface area contributed by atoms with Crippen molar-refractivity contribution in [1.29, 1.82) is 0 Å². The first kappa shape index (κ1) is 17.6. The van der Waals surface area contributed by atoms with Crippen LogP contribution < -0.4 is 5.56 Å². The molecule has 0 aliphatic carbocycles. The van der Waals surface area contributed by atoms with Gasteiger partial charge >= 0.3 is 0 Å². The van der Waals surface area contributed by atoms with Crippen molar-refractivity contribution in [2.75, 3.05) is 26.2 Å². The van der Waals surface area contributed by atoms with Crippen molar-refractivity contribution in [1.82, 2.24) is 19.8 Å². The van der Waals surface area contributed by atoms with Crippen LogP contribution >= 0.6 is 0 Å². The number of nitrogens with one attached hydrogen (secondary N) is 1. The van der Waals surface area contributed by atoms with E-state index in [1.54, 1.807) is 13.0 Å². The van der Waals surface area contributed by atoms with Gasteiger partial charge in [0.15, 0.2) is 0 Å². The summed E-state index contributed by atoms with van der Waals surface area (Å²) < 4.78 is 0. The molecule has 2 aliphatic heterocycles. The lowest BCUT2D eigenvalue weighted by molar-refractivity contribution is -0.133. The van der Waals surface area contributed by atoms with E-state index in [1.165, 1.54) is 0 Å². The van der Waals surface area contributed by atoms with Crippen molar-refractivity contribution in [2.24, 2.45) is 0 Å². The molecular formula is C18H26N4O3. The molecule has 7 heteroatoms. The van der Waals surface area contributed by atoms with Crippen molar-refractivity contribution in [3.05, 3.63) is 27.9 Å². The minimum atomic E-state index is -0.138. The zero-order valence-electron chi connectivity index (χ0n) is 14.8. The molecule has 2 saturated heterocycles. The molecular weight excluding hydrogens is 320 g/mol. The predicted octanol–water partition coefficient (Wildman–Crippen LogP) is 1.19. The predicted molar refractivity (Wildman–Crippen MR) is 93.2 cm³/mol. The summed E-state index contributed by atoms with van der Waals surface area (Å²) in [4.78, 5) is 46.6. The number of nitrogens with zero attached hydrogens (tertiary/aromatic N) is 3. The maximum atomic E-state index is 12.5. The lowest BCUT2D eigenvalue weighted by atomic mass is 9.94. The number of rotatable bonds is 5. The van der Waals surface area contributed by atoms with E-state index in [0.29, 0.717) is 38.2 Å². The molecule has 2 aliphatic rings. The highest BCUT2D eigenvalue weighted by molar-refractivity contribution is 5.78. The lowest BCUT2D eigenvalue weighted by Gasteiger charge is -2.32. The Bertz CT molecular complexity index is 700. The van der Waals surface area contributed by atoms with Crippen LogP contribution in [0.3, 0.4) is 0 Å². The Balaban J connectivity index is 1.52. The van der Waals surface area contributed by atoms with Gasteiger partial charge < -0.3 is 14.8 Å². The van der Waals surface area contributed by atoms with Gasteiger partial charge in [-0.2, -0.15) is 0 Å². The summed E-state index contributed by atoms with van der Waals surface area (Å²) in [6, 6.07) is 1.55. The first-order chi connectivity index (χ1) is 12.0. The van der Waals surface area contributed by atoms with Crippen molar-refractivity contribution in [3.8, 4) is 0 Å². The van der Waals surface area contributed by atoms with Gasteiger partial charge in [-0.15, -0.1) is 0 Å². The fourth-order valence-corrected chi connectivity index (χ4v) is 3.78. The van der Waals surface area contributed by atoms with E-state index in [9.17, 15) is 14.4 Å². The second kappa shape index (κ2) is 7.80. The molecule has 3 heterocycles. The Morgan fingerprint density at radius 3 is 2.88 bits per heavy atom. The zero-order valence-corrected chi connectivity index (χ0v) is 14.8. The maximum absolute atomic E-state index is 12.5. The van der Waals surface area contributed by atoms with E-state index >= 15 is 0 Å². The summed E-state index contributed by atoms with van der Waals surface area (Å²) in [5, 5.41) is 0. The number of hydrogen-bond donors (Lipinski definition) is 1. The summed E-state index contributed by atoms with van der Waals surface area (Å²) in [6.45, 7) is 4.66. The van der Waals surface area contributed by atoms with Crippen molar-refractivity contribution in [2.45, 2.75) is 51.4 Å². The summed E-state index contributed by atoms with van der Waals surface area (Å²) in [6.07, 6.45) is 4.64. The molecule has 0 saturated carbocycles. The fraction of sp³-hybridized carbons (Fsp3) is 0.667. The number of aromatic nitrogens is 2. The second-order valence-electron chi connectivity index (χ2n) is 7.02. The molecule has 7 nitrogen and oxygen atoms in total. The molecule has 3 rings (SSSR count). The van der Waals surface area contributed by atoms with Crippen molar-refractivity contribution in [3.63, 3.8) is 0 Å². The van der Waals surface area contributed by atoms with Crippen LogP contribution in [-0.4, -0.2) is 57.8 Å². The molecule has 0 spiro atoms. The minimum Gasteiger partial charge on any atom is -0.343 e. The topological polar surface area (TPSA) is 86.4 Å². The third-order valence-corrected chi connectivity index (χ3v) is 5.06. The van der Waals surface area contributed by atoms with Crippen LogP contribution in [0.1, 0.15) is 56.0 Å². The fourth-order valence-electron chi connectivity index (χ4n) is 3.78. The van der Waals surface area contributed by atoms with Gasteiger partial charge in [-0.25, -0.2) is 4.98 Å². The number of piperidine rings is 1. The Morgan fingerprint density at radius 1 is 1.32 bits per heavy atom. The smallest absolute Gasteiger partial charge is 0.251 e. The summed E-state index contributed by atoms with van der Waals surface area (Å²) in [5.41, 5.74) is 0.641. The van der Waals surface area contributed by atoms with Gasteiger partial charge in [-0.1, -0.05) is 0 Å². The second-order valence-corrected chi connectivity index (χ2v) is 7.02. The molecule has 1 unspecified atom stereocenters. The minimum absolute atomic E-state index is 0.124. The Labute approximate surface area is 147 Å². The summed E-state index contributed by atoms with van der Waals surface area (Å²) in [5.74, 6) is 1.08. The van der Waals surface area contributed by atoms with Gasteiger partial charge in [-0.3, -0.25) is 14.4 Å². The lowest BCUT2D eigenvalue weighted by Crippen LogP contribution is -2.40. The molecule has 2 amide bonds. The van der Waals surface area contributed by atoms with E-state index in [4.69, 9.17) is 0 Å². The van der Waals surface area contributed by atoms with E-state index in [2.05, 4.69) is 9.97 Å². The van der Waals surface area contributed by atoms with Gasteiger partial charge in [0.1, 0.15) is 5.82 Å².